The first kappa shape index (κ1) is 14.1. The second-order valence-electron chi connectivity index (χ2n) is 3.02. The second-order valence-corrected chi connectivity index (χ2v) is 3.02. The Morgan fingerprint density at radius 2 is 1.00 bits per heavy atom. The van der Waals surface area contributed by atoms with Crippen LogP contribution in [0.3, 0.4) is 0 Å². The van der Waals surface area contributed by atoms with Crippen LogP contribution in [-0.2, 0) is 0 Å². The zero-order chi connectivity index (χ0) is 14.1. The van der Waals surface area contributed by atoms with E-state index < -0.39 is 24.2 Å². The molecule has 0 bridgehead atoms. The van der Waals surface area contributed by atoms with Crippen LogP contribution in [0.25, 0.3) is 0 Å². The highest BCUT2D eigenvalue weighted by atomic mass is 19.4. The summed E-state index contributed by atoms with van der Waals surface area (Å²) in [6.45, 7) is 0. The minimum Gasteiger partial charge on any atom is -0.402 e. The molecule has 0 heterocycles. The molecule has 0 fully saturated rings. The highest BCUT2D eigenvalue weighted by molar-refractivity contribution is 5.69. The Bertz CT molecular complexity index is 401. The molecule has 4 nitrogen and oxygen atoms in total. The summed E-state index contributed by atoms with van der Waals surface area (Å²) >= 11 is 0. The Balaban J connectivity index is 3.17. The van der Waals surface area contributed by atoms with E-state index in [2.05, 4.69) is 9.47 Å². The zero-order valence-corrected chi connectivity index (χ0v) is 8.39. The molecule has 0 aromatic heterocycles. The second kappa shape index (κ2) is 4.35. The molecule has 4 N–H and O–H groups in total. The SMILES string of the molecule is Nc1cc(OC(F)(F)F)c(OC(F)(F)F)cc1N. The van der Waals surface area contributed by atoms with Crippen LogP contribution in [0.15, 0.2) is 12.1 Å². The topological polar surface area (TPSA) is 70.5 Å². The van der Waals surface area contributed by atoms with Crippen LogP contribution in [0.1, 0.15) is 0 Å². The van der Waals surface area contributed by atoms with Crippen molar-refractivity contribution in [2.75, 3.05) is 11.5 Å². The van der Waals surface area contributed by atoms with Crippen LogP contribution >= 0.6 is 0 Å². The standard InChI is InChI=1S/C8H6F6N2O2/c9-7(10,11)17-5-1-3(15)4(16)2-6(5)18-8(12,13)14/h1-2H,15-16H2. The molecule has 0 unspecified atom stereocenters. The highest BCUT2D eigenvalue weighted by Crippen LogP contribution is 2.39. The van der Waals surface area contributed by atoms with E-state index in [0.717, 1.165) is 0 Å². The lowest BCUT2D eigenvalue weighted by molar-refractivity contribution is -0.287. The fraction of sp³-hybridized carbons (Fsp3) is 0.250. The average Bonchev–Trinajstić information content (AvgIpc) is 2.08. The minimum atomic E-state index is -5.19. The summed E-state index contributed by atoms with van der Waals surface area (Å²) in [7, 11) is 0. The maximum absolute atomic E-state index is 12.0. The molecule has 1 aromatic carbocycles. The zero-order valence-electron chi connectivity index (χ0n) is 8.39. The Kier molecular flexibility index (Phi) is 3.40. The summed E-state index contributed by atoms with van der Waals surface area (Å²) in [4.78, 5) is 0. The Morgan fingerprint density at radius 1 is 0.722 bits per heavy atom. The molecule has 18 heavy (non-hydrogen) atoms. The van der Waals surface area contributed by atoms with Gasteiger partial charge >= 0.3 is 12.7 Å². The third-order valence-corrected chi connectivity index (χ3v) is 1.60. The molecule has 0 radical (unpaired) electrons. The van der Waals surface area contributed by atoms with Crippen molar-refractivity contribution >= 4 is 11.4 Å². The van der Waals surface area contributed by atoms with Crippen LogP contribution in [0.2, 0.25) is 0 Å². The largest absolute Gasteiger partial charge is 0.573 e. The molecule has 0 aliphatic rings. The molecule has 0 aliphatic carbocycles. The summed E-state index contributed by atoms with van der Waals surface area (Å²) in [5.41, 5.74) is 9.58. The fourth-order valence-corrected chi connectivity index (χ4v) is 1.00. The van der Waals surface area contributed by atoms with Gasteiger partial charge in [0.2, 0.25) is 0 Å². The molecule has 1 aromatic rings. The lowest BCUT2D eigenvalue weighted by Gasteiger charge is -2.16. The normalized spacial score (nSPS) is 12.3. The monoisotopic (exact) mass is 276 g/mol. The quantitative estimate of drug-likeness (QED) is 0.643. The molecule has 0 atom stereocenters. The van der Waals surface area contributed by atoms with Gasteiger partial charge in [0.15, 0.2) is 11.5 Å². The van der Waals surface area contributed by atoms with Crippen molar-refractivity contribution < 1.29 is 35.8 Å². The first-order valence-electron chi connectivity index (χ1n) is 4.18. The van der Waals surface area contributed by atoms with E-state index in [1.165, 1.54) is 0 Å². The van der Waals surface area contributed by atoms with Gasteiger partial charge in [-0.25, -0.2) is 0 Å². The smallest absolute Gasteiger partial charge is 0.402 e. The minimum absolute atomic E-state index is 0.372. The van der Waals surface area contributed by atoms with E-state index in [1.807, 2.05) is 0 Å². The van der Waals surface area contributed by atoms with Crippen molar-refractivity contribution in [2.45, 2.75) is 12.7 Å². The number of hydrogen-bond acceptors (Lipinski definition) is 4. The van der Waals surface area contributed by atoms with Gasteiger partial charge in [0.1, 0.15) is 0 Å². The molecular weight excluding hydrogens is 270 g/mol. The third kappa shape index (κ3) is 4.11. The van der Waals surface area contributed by atoms with Gasteiger partial charge in [-0.2, -0.15) is 0 Å². The number of halogens is 6. The van der Waals surface area contributed by atoms with E-state index in [1.54, 1.807) is 0 Å². The first-order chi connectivity index (χ1) is 7.98. The van der Waals surface area contributed by atoms with E-state index in [0.29, 0.717) is 12.1 Å². The molecule has 0 saturated carbocycles. The number of alkyl halides is 6. The lowest BCUT2D eigenvalue weighted by atomic mass is 10.2. The summed E-state index contributed by atoms with van der Waals surface area (Å²) in [6, 6.07) is 0.980. The number of ether oxygens (including phenoxy) is 2. The molecule has 0 aliphatic heterocycles. The number of anilines is 2. The van der Waals surface area contributed by atoms with E-state index in [-0.39, 0.29) is 11.4 Å². The van der Waals surface area contributed by atoms with Gasteiger partial charge < -0.3 is 20.9 Å². The van der Waals surface area contributed by atoms with Crippen molar-refractivity contribution in [1.29, 1.82) is 0 Å². The molecule has 0 amide bonds. The molecule has 1 rings (SSSR count). The molecular formula is C8H6F6N2O2. The number of nitrogens with two attached hydrogens (primary N) is 2. The van der Waals surface area contributed by atoms with Gasteiger partial charge in [-0.15, -0.1) is 26.3 Å². The molecule has 10 heteroatoms. The lowest BCUT2D eigenvalue weighted by Crippen LogP contribution is -2.21. The van der Waals surface area contributed by atoms with E-state index >= 15 is 0 Å². The predicted octanol–water partition coefficient (Wildman–Crippen LogP) is 2.65. The summed E-state index contributed by atoms with van der Waals surface area (Å²) < 4.78 is 78.4. The highest BCUT2D eigenvalue weighted by Gasteiger charge is 2.36. The van der Waals surface area contributed by atoms with Gasteiger partial charge in [-0.1, -0.05) is 0 Å². The molecule has 0 saturated heterocycles. The third-order valence-electron chi connectivity index (χ3n) is 1.60. The van der Waals surface area contributed by atoms with Crippen LogP contribution in [-0.4, -0.2) is 12.7 Å². The van der Waals surface area contributed by atoms with Gasteiger partial charge in [0.25, 0.3) is 0 Å². The maximum Gasteiger partial charge on any atom is 0.573 e. The van der Waals surface area contributed by atoms with E-state index in [9.17, 15) is 26.3 Å². The van der Waals surface area contributed by atoms with E-state index in [4.69, 9.17) is 11.5 Å². The van der Waals surface area contributed by atoms with Crippen molar-refractivity contribution in [3.8, 4) is 11.5 Å². The first-order valence-corrected chi connectivity index (χ1v) is 4.18. The van der Waals surface area contributed by atoms with Crippen molar-refractivity contribution in [2.24, 2.45) is 0 Å². The summed E-state index contributed by atoms with van der Waals surface area (Å²) in [6.07, 6.45) is -10.4. The van der Waals surface area contributed by atoms with Crippen molar-refractivity contribution in [3.63, 3.8) is 0 Å². The number of hydrogen-bond donors (Lipinski definition) is 2. The van der Waals surface area contributed by atoms with Gasteiger partial charge in [-0.05, 0) is 0 Å². The average molecular weight is 276 g/mol. The number of benzene rings is 1. The molecule has 102 valence electrons. The Morgan fingerprint density at radius 3 is 1.22 bits per heavy atom. The van der Waals surface area contributed by atoms with Gasteiger partial charge in [-0.3, -0.25) is 0 Å². The fourth-order valence-electron chi connectivity index (χ4n) is 1.00. The maximum atomic E-state index is 12.0. The van der Waals surface area contributed by atoms with Gasteiger partial charge in [0, 0.05) is 12.1 Å². The Hall–Kier alpha value is -2.00. The molecule has 0 spiro atoms. The summed E-state index contributed by atoms with van der Waals surface area (Å²) in [5, 5.41) is 0. The number of nitrogen functional groups attached to an aromatic ring is 2. The summed E-state index contributed by atoms with van der Waals surface area (Å²) in [5.74, 6) is -2.46. The van der Waals surface area contributed by atoms with Crippen LogP contribution in [0.5, 0.6) is 11.5 Å². The van der Waals surface area contributed by atoms with Crippen LogP contribution < -0.4 is 20.9 Å². The number of rotatable bonds is 2. The van der Waals surface area contributed by atoms with Crippen LogP contribution in [0.4, 0.5) is 37.7 Å². The van der Waals surface area contributed by atoms with Crippen molar-refractivity contribution in [3.05, 3.63) is 12.1 Å². The van der Waals surface area contributed by atoms with Gasteiger partial charge in [0.05, 0.1) is 11.4 Å². The Labute approximate surface area is 96.1 Å². The van der Waals surface area contributed by atoms with Crippen LogP contribution in [0, 0.1) is 0 Å². The van der Waals surface area contributed by atoms with Crippen molar-refractivity contribution in [1.82, 2.24) is 0 Å². The predicted molar refractivity (Wildman–Crippen MR) is 48.6 cm³/mol.